The van der Waals surface area contributed by atoms with Gasteiger partial charge in [0.1, 0.15) is 0 Å². The predicted molar refractivity (Wildman–Crippen MR) is 159 cm³/mol. The van der Waals surface area contributed by atoms with Gasteiger partial charge in [0.05, 0.1) is 23.6 Å². The third kappa shape index (κ3) is 3.70. The molecule has 4 nitrogen and oxygen atoms in total. The van der Waals surface area contributed by atoms with Crippen LogP contribution in [-0.4, -0.2) is 22.1 Å². The molecule has 0 unspecified atom stereocenters. The van der Waals surface area contributed by atoms with Gasteiger partial charge < -0.3 is 10.4 Å². The molecule has 10 atom stereocenters. The summed E-state index contributed by atoms with van der Waals surface area (Å²) in [6.07, 6.45) is 13.1. The molecule has 1 heterocycles. The Kier molecular flexibility index (Phi) is 6.56. The number of fused-ring (bicyclic) bond motifs is 7. The number of allylic oxidation sites excluding steroid dienone is 1. The molecule has 5 aliphatic rings. The van der Waals surface area contributed by atoms with Crippen molar-refractivity contribution in [3.8, 4) is 0 Å². The lowest BCUT2D eigenvalue weighted by atomic mass is 9.32. The molecule has 1 amide bonds. The predicted octanol–water partition coefficient (Wildman–Crippen LogP) is 7.78. The Bertz CT molecular complexity index is 1130. The maximum absolute atomic E-state index is 14.2. The fourth-order valence-electron chi connectivity index (χ4n) is 12.2. The van der Waals surface area contributed by atoms with E-state index < -0.39 is 0 Å². The summed E-state index contributed by atoms with van der Waals surface area (Å²) < 4.78 is 0. The van der Waals surface area contributed by atoms with E-state index in [9.17, 15) is 9.90 Å². The quantitative estimate of drug-likeness (QED) is 0.375. The van der Waals surface area contributed by atoms with Crippen LogP contribution in [0.15, 0.2) is 23.9 Å². The van der Waals surface area contributed by atoms with Crippen LogP contribution in [0.1, 0.15) is 111 Å². The van der Waals surface area contributed by atoms with Gasteiger partial charge in [-0.25, -0.2) is 0 Å². The summed E-state index contributed by atoms with van der Waals surface area (Å²) in [4.78, 5) is 19.5. The second-order valence-corrected chi connectivity index (χ2v) is 16.8. The third-order valence-corrected chi connectivity index (χ3v) is 15.2. The molecule has 2 N–H and O–H groups in total. The van der Waals surface area contributed by atoms with E-state index in [1.54, 1.807) is 11.3 Å². The van der Waals surface area contributed by atoms with Crippen molar-refractivity contribution < 1.29 is 9.90 Å². The summed E-state index contributed by atoms with van der Waals surface area (Å²) in [5.74, 6) is 2.96. The summed E-state index contributed by atoms with van der Waals surface area (Å²) in [6.45, 7) is 19.9. The van der Waals surface area contributed by atoms with Crippen LogP contribution in [0.3, 0.4) is 0 Å². The Morgan fingerprint density at radius 1 is 1.00 bits per heavy atom. The largest absolute Gasteiger partial charge is 0.393 e. The molecule has 1 aromatic rings. The number of nitrogens with zero attached hydrogens (tertiary/aromatic N) is 1. The summed E-state index contributed by atoms with van der Waals surface area (Å²) in [5.41, 5.74) is 3.64. The van der Waals surface area contributed by atoms with Crippen molar-refractivity contribution in [3.63, 3.8) is 0 Å². The molecule has 1 aromatic heterocycles. The minimum atomic E-state index is -0.264. The maximum atomic E-state index is 14.2. The lowest BCUT2D eigenvalue weighted by Gasteiger charge is -2.72. The molecule has 39 heavy (non-hydrogen) atoms. The zero-order chi connectivity index (χ0) is 28.0. The molecule has 0 saturated heterocycles. The van der Waals surface area contributed by atoms with Crippen LogP contribution in [0.25, 0.3) is 0 Å². The Morgan fingerprint density at radius 3 is 2.46 bits per heavy atom. The molecule has 5 fully saturated rings. The molecule has 0 aromatic carbocycles. The number of rotatable bonds is 4. The van der Waals surface area contributed by atoms with Gasteiger partial charge >= 0.3 is 0 Å². The van der Waals surface area contributed by atoms with Gasteiger partial charge in [-0.2, -0.15) is 0 Å². The summed E-state index contributed by atoms with van der Waals surface area (Å²) in [7, 11) is 0. The topological polar surface area (TPSA) is 62.2 Å². The van der Waals surface area contributed by atoms with Crippen molar-refractivity contribution in [3.05, 3.63) is 28.7 Å². The second-order valence-electron chi connectivity index (χ2n) is 15.9. The highest BCUT2D eigenvalue weighted by Gasteiger charge is 2.71. The number of aromatic nitrogens is 1. The highest BCUT2D eigenvalue weighted by Crippen LogP contribution is 2.77. The highest BCUT2D eigenvalue weighted by atomic mass is 32.1. The maximum Gasteiger partial charge on any atom is 0.226 e. The average Bonchev–Trinajstić information content (AvgIpc) is 3.54. The van der Waals surface area contributed by atoms with E-state index in [-0.39, 0.29) is 39.1 Å². The lowest BCUT2D eigenvalue weighted by molar-refractivity contribution is -0.246. The summed E-state index contributed by atoms with van der Waals surface area (Å²) in [5, 5.41) is 14.4. The number of carbonyl (C=O) groups is 1. The SMILES string of the molecule is C=C(C)[C@@H]1CC[C@]2(C(=O)NCc3cncs3)CC[C@]3(C)[C@H](CC[C@@H]4[C@@]5(C)CC[C@H](O)C(C)(C)[C@@H]5CC[C@]43C)[C@@H]12. The van der Waals surface area contributed by atoms with E-state index in [2.05, 4.69) is 58.4 Å². The van der Waals surface area contributed by atoms with Crippen LogP contribution >= 0.6 is 11.3 Å². The number of hydrogen-bond donors (Lipinski definition) is 2. The van der Waals surface area contributed by atoms with Crippen molar-refractivity contribution in [2.75, 3.05) is 0 Å². The van der Waals surface area contributed by atoms with Gasteiger partial charge in [-0.3, -0.25) is 9.78 Å². The number of thiazole rings is 1. The molecule has 6 rings (SSSR count). The molecule has 5 heteroatoms. The molecule has 5 aliphatic carbocycles. The first-order valence-electron chi connectivity index (χ1n) is 15.8. The van der Waals surface area contributed by atoms with Crippen LogP contribution < -0.4 is 5.32 Å². The first-order valence-corrected chi connectivity index (χ1v) is 16.7. The normalized spacial score (nSPS) is 48.3. The summed E-state index contributed by atoms with van der Waals surface area (Å²) >= 11 is 1.62. The van der Waals surface area contributed by atoms with E-state index in [1.807, 2.05) is 11.7 Å². The van der Waals surface area contributed by atoms with Gasteiger partial charge in [0.15, 0.2) is 0 Å². The highest BCUT2D eigenvalue weighted by molar-refractivity contribution is 7.09. The Morgan fingerprint density at radius 2 is 1.77 bits per heavy atom. The lowest BCUT2D eigenvalue weighted by Crippen LogP contribution is -2.67. The van der Waals surface area contributed by atoms with Gasteiger partial charge in [0.25, 0.3) is 0 Å². The molecule has 0 radical (unpaired) electrons. The van der Waals surface area contributed by atoms with Gasteiger partial charge in [-0.05, 0) is 122 Å². The zero-order valence-corrected chi connectivity index (χ0v) is 26.1. The third-order valence-electron chi connectivity index (χ3n) is 14.4. The van der Waals surface area contributed by atoms with Crippen LogP contribution in [0.4, 0.5) is 0 Å². The van der Waals surface area contributed by atoms with E-state index in [4.69, 9.17) is 0 Å². The van der Waals surface area contributed by atoms with Gasteiger partial charge in [0.2, 0.25) is 5.91 Å². The molecule has 0 bridgehead atoms. The van der Waals surface area contributed by atoms with E-state index in [1.165, 1.54) is 31.3 Å². The molecule has 0 spiro atoms. The molecular weight excluding hydrogens is 500 g/mol. The van der Waals surface area contributed by atoms with Gasteiger partial charge in [0, 0.05) is 11.1 Å². The fraction of sp³-hybridized carbons (Fsp3) is 0.824. The standard InChI is InChI=1S/C34H52N2O2S/c1-21(2)23-10-15-34(29(38)36-19-22-18-35-20-39-22)17-16-32(6)24(28(23)34)8-9-26-31(5)13-12-27(37)30(3,4)25(31)11-14-33(26,32)7/h18,20,23-28,37H,1,8-17,19H2,2-7H3,(H,36,38)/t23-,24+,25-,26+,27-,28+,31-,32+,33+,34-/m0/s1. The van der Waals surface area contributed by atoms with Crippen molar-refractivity contribution >= 4 is 17.2 Å². The molecule has 0 aliphatic heterocycles. The van der Waals surface area contributed by atoms with Gasteiger partial charge in [-0.15, -0.1) is 11.3 Å². The smallest absolute Gasteiger partial charge is 0.226 e. The first kappa shape index (κ1) is 27.9. The Balaban J connectivity index is 1.35. The second kappa shape index (κ2) is 9.15. The number of amides is 1. The van der Waals surface area contributed by atoms with Crippen molar-refractivity contribution in [1.29, 1.82) is 0 Å². The van der Waals surface area contributed by atoms with E-state index in [0.717, 1.165) is 43.4 Å². The minimum absolute atomic E-state index is 0.0134. The van der Waals surface area contributed by atoms with Crippen molar-refractivity contribution in [1.82, 2.24) is 10.3 Å². The van der Waals surface area contributed by atoms with Crippen LogP contribution in [-0.2, 0) is 11.3 Å². The molecular formula is C34H52N2O2S. The van der Waals surface area contributed by atoms with Crippen LogP contribution in [0.2, 0.25) is 0 Å². The number of aliphatic hydroxyl groups is 1. The number of aliphatic hydroxyl groups excluding tert-OH is 1. The van der Waals surface area contributed by atoms with Crippen LogP contribution in [0, 0.1) is 56.7 Å². The number of nitrogens with one attached hydrogen (secondary N) is 1. The van der Waals surface area contributed by atoms with Crippen molar-refractivity contribution in [2.45, 2.75) is 118 Å². The van der Waals surface area contributed by atoms with E-state index >= 15 is 0 Å². The van der Waals surface area contributed by atoms with E-state index in [0.29, 0.717) is 36.1 Å². The zero-order valence-electron chi connectivity index (χ0n) is 25.3. The number of hydrogen-bond acceptors (Lipinski definition) is 4. The van der Waals surface area contributed by atoms with Crippen molar-refractivity contribution in [2.24, 2.45) is 56.7 Å². The Hall–Kier alpha value is -1.20. The molecule has 216 valence electrons. The first-order chi connectivity index (χ1) is 18.3. The van der Waals surface area contributed by atoms with Gasteiger partial charge in [-0.1, -0.05) is 46.8 Å². The average molecular weight is 553 g/mol. The van der Waals surface area contributed by atoms with Crippen LogP contribution in [0.5, 0.6) is 0 Å². The number of carbonyl (C=O) groups excluding carboxylic acids is 1. The Labute approximate surface area is 240 Å². The summed E-state index contributed by atoms with van der Waals surface area (Å²) in [6, 6.07) is 0. The molecule has 5 saturated carbocycles. The minimum Gasteiger partial charge on any atom is -0.393 e. The fourth-order valence-corrected chi connectivity index (χ4v) is 12.7. The monoisotopic (exact) mass is 552 g/mol.